The Balaban J connectivity index is 2.43. The van der Waals surface area contributed by atoms with Crippen LogP contribution in [0.25, 0.3) is 0 Å². The molecule has 3 rings (SSSR count). The van der Waals surface area contributed by atoms with Crippen LogP contribution in [0.2, 0.25) is 0 Å². The Hall–Kier alpha value is -1.30. The van der Waals surface area contributed by atoms with Gasteiger partial charge < -0.3 is 4.89 Å². The van der Waals surface area contributed by atoms with Gasteiger partial charge in [0.2, 0.25) is 0 Å². The molecule has 1 heterocycles. The van der Waals surface area contributed by atoms with E-state index in [9.17, 15) is 4.89 Å². The molecule has 0 spiro atoms. The third-order valence-electron chi connectivity index (χ3n) is 7.32. The lowest BCUT2D eigenvalue weighted by molar-refractivity contribution is 0.557. The van der Waals surface area contributed by atoms with Crippen molar-refractivity contribution in [3.05, 3.63) is 68.8 Å². The molecule has 1 aliphatic rings. The molecule has 1 nitrogen and oxygen atoms in total. The van der Waals surface area contributed by atoms with E-state index in [0.29, 0.717) is 12.3 Å². The van der Waals surface area contributed by atoms with Gasteiger partial charge in [0, 0.05) is 19.4 Å². The fourth-order valence-electron chi connectivity index (χ4n) is 5.21. The Morgan fingerprint density at radius 1 is 0.588 bits per heavy atom. The quantitative estimate of drug-likeness (QED) is 0.373. The van der Waals surface area contributed by atoms with Crippen LogP contribution in [-0.4, -0.2) is 11.2 Å². The van der Waals surface area contributed by atoms with Crippen molar-refractivity contribution in [3.8, 4) is 0 Å². The summed E-state index contributed by atoms with van der Waals surface area (Å²) in [4.78, 5) is 11.8. The molecule has 2 heteroatoms. The summed E-state index contributed by atoms with van der Waals surface area (Å²) in [7, 11) is -2.43. The maximum atomic E-state index is 11.8. The highest BCUT2D eigenvalue weighted by Crippen LogP contribution is 2.54. The zero-order chi connectivity index (χ0) is 26.1. The van der Waals surface area contributed by atoms with E-state index in [1.807, 2.05) is 0 Å². The summed E-state index contributed by atoms with van der Waals surface area (Å²) in [5, 5.41) is 0. The minimum Gasteiger partial charge on any atom is -0.376 e. The first kappa shape index (κ1) is 27.3. The summed E-state index contributed by atoms with van der Waals surface area (Å²) in [6.07, 6.45) is 6.80. The lowest BCUT2D eigenvalue weighted by Gasteiger charge is -2.36. The molecule has 2 aromatic rings. The van der Waals surface area contributed by atoms with Crippen LogP contribution < -0.4 is 0 Å². The number of hydrogen-bond acceptors (Lipinski definition) is 1. The van der Waals surface area contributed by atoms with Crippen molar-refractivity contribution < 1.29 is 4.89 Å². The first-order valence-electron chi connectivity index (χ1n) is 12.9. The summed E-state index contributed by atoms with van der Waals surface area (Å²) >= 11 is 0. The molecule has 0 radical (unpaired) electrons. The molecule has 1 aliphatic heterocycles. The highest BCUT2D eigenvalue weighted by atomic mass is 31.2. The van der Waals surface area contributed by atoms with Gasteiger partial charge in [-0.2, -0.15) is 0 Å². The van der Waals surface area contributed by atoms with Crippen LogP contribution in [0.4, 0.5) is 0 Å². The minimum absolute atomic E-state index is 0.0111. The molecule has 0 saturated heterocycles. The zero-order valence-corrected chi connectivity index (χ0v) is 24.9. The van der Waals surface area contributed by atoms with Gasteiger partial charge >= 0.3 is 0 Å². The smallest absolute Gasteiger partial charge is 0.0152 e. The highest BCUT2D eigenvalue weighted by Gasteiger charge is 2.32. The van der Waals surface area contributed by atoms with Gasteiger partial charge in [-0.3, -0.25) is 0 Å². The minimum atomic E-state index is -2.43. The van der Waals surface area contributed by atoms with Crippen LogP contribution in [0, 0.1) is 0 Å². The molecule has 0 aromatic heterocycles. The number of rotatable bonds is 0. The number of fused-ring (bicyclic) bond motifs is 2. The average Bonchev–Trinajstić information content (AvgIpc) is 2.58. The van der Waals surface area contributed by atoms with E-state index in [0.717, 1.165) is 6.42 Å². The second-order valence-corrected chi connectivity index (χ2v) is 17.7. The second kappa shape index (κ2) is 8.38. The first-order valence-corrected chi connectivity index (χ1v) is 15.2. The van der Waals surface area contributed by atoms with Gasteiger partial charge in [-0.1, -0.05) is 114 Å². The second-order valence-electron chi connectivity index (χ2n) is 14.9. The topological polar surface area (TPSA) is 20.2 Å². The van der Waals surface area contributed by atoms with E-state index >= 15 is 0 Å². The van der Waals surface area contributed by atoms with E-state index in [1.54, 1.807) is 0 Å². The Morgan fingerprint density at radius 2 is 0.912 bits per heavy atom. The molecule has 0 amide bonds. The molecule has 0 bridgehead atoms. The first-order chi connectivity index (χ1) is 15.1. The van der Waals surface area contributed by atoms with Crippen molar-refractivity contribution in [1.29, 1.82) is 0 Å². The Kier molecular flexibility index (Phi) is 6.73. The molecule has 0 aliphatic carbocycles. The standard InChI is InChI=1S/C32H49OP/c1-29(2,3)23-15-21-14-22-16-24(30(4,5)6)18-28(32(10,11)12)26(22)20-34(13,33)19-25(21)27(17-23)31(7,8)9/h15-18,33H,13-14,19-20H2,1-12H3. The lowest BCUT2D eigenvalue weighted by Crippen LogP contribution is -2.23. The average molecular weight is 481 g/mol. The Labute approximate surface area is 210 Å². The summed E-state index contributed by atoms with van der Waals surface area (Å²) in [5.74, 6) is 0. The molecule has 34 heavy (non-hydrogen) atoms. The number of hydrogen-bond donors (Lipinski definition) is 1. The van der Waals surface area contributed by atoms with Crippen molar-refractivity contribution in [2.24, 2.45) is 0 Å². The van der Waals surface area contributed by atoms with Crippen molar-refractivity contribution >= 4 is 13.4 Å². The monoisotopic (exact) mass is 480 g/mol. The molecule has 1 N–H and O–H groups in total. The molecule has 0 atom stereocenters. The molecular weight excluding hydrogens is 431 g/mol. The summed E-state index contributed by atoms with van der Waals surface area (Å²) in [6, 6.07) is 9.68. The Morgan fingerprint density at radius 3 is 1.18 bits per heavy atom. The normalized spacial score (nSPS) is 17.0. The highest BCUT2D eigenvalue weighted by molar-refractivity contribution is 7.66. The third kappa shape index (κ3) is 5.74. The van der Waals surface area contributed by atoms with Crippen molar-refractivity contribution in [1.82, 2.24) is 0 Å². The van der Waals surface area contributed by atoms with Crippen LogP contribution in [0.5, 0.6) is 0 Å². The van der Waals surface area contributed by atoms with Gasteiger partial charge in [0.05, 0.1) is 0 Å². The molecule has 0 fully saturated rings. The number of benzene rings is 2. The van der Waals surface area contributed by atoms with Crippen LogP contribution in [0.15, 0.2) is 24.3 Å². The van der Waals surface area contributed by atoms with Gasteiger partial charge in [-0.15, -0.1) is 0 Å². The van der Waals surface area contributed by atoms with Crippen LogP contribution in [0.3, 0.4) is 0 Å². The van der Waals surface area contributed by atoms with E-state index in [2.05, 4.69) is 114 Å². The zero-order valence-electron chi connectivity index (χ0n) is 24.0. The third-order valence-corrected chi connectivity index (χ3v) is 9.13. The summed E-state index contributed by atoms with van der Waals surface area (Å²) < 4.78 is 0. The van der Waals surface area contributed by atoms with E-state index in [-0.39, 0.29) is 21.7 Å². The van der Waals surface area contributed by atoms with E-state index < -0.39 is 7.11 Å². The molecular formula is C32H49OP. The van der Waals surface area contributed by atoms with Crippen LogP contribution >= 0.6 is 7.11 Å². The fraction of sp³-hybridized carbons (Fsp3) is 0.594. The molecule has 188 valence electrons. The maximum absolute atomic E-state index is 11.8. The fourth-order valence-corrected chi connectivity index (χ4v) is 7.24. The van der Waals surface area contributed by atoms with Gasteiger partial charge in [0.1, 0.15) is 0 Å². The van der Waals surface area contributed by atoms with Crippen molar-refractivity contribution in [2.45, 2.75) is 123 Å². The SMILES string of the molecule is C=P1(O)Cc2c(cc(C(C)(C)C)cc2C(C)(C)C)Cc2cc(C(C)(C)C)cc(C(C)(C)C)c2C1. The predicted molar refractivity (Wildman–Crippen MR) is 154 cm³/mol. The van der Waals surface area contributed by atoms with Crippen LogP contribution in [-0.2, 0) is 40.4 Å². The molecule has 2 aromatic carbocycles. The predicted octanol–water partition coefficient (Wildman–Crippen LogP) is 8.84. The van der Waals surface area contributed by atoms with Crippen molar-refractivity contribution in [2.75, 3.05) is 0 Å². The van der Waals surface area contributed by atoms with Crippen molar-refractivity contribution in [3.63, 3.8) is 0 Å². The van der Waals surface area contributed by atoms with Gasteiger partial charge in [0.15, 0.2) is 0 Å². The largest absolute Gasteiger partial charge is 0.376 e. The van der Waals surface area contributed by atoms with E-state index in [1.165, 1.54) is 44.5 Å². The van der Waals surface area contributed by atoms with Crippen LogP contribution in [0.1, 0.15) is 128 Å². The summed E-state index contributed by atoms with van der Waals surface area (Å²) in [5.41, 5.74) is 11.1. The molecule has 0 unspecified atom stereocenters. The van der Waals surface area contributed by atoms with Gasteiger partial charge in [-0.05, 0) is 72.6 Å². The Bertz CT molecular complexity index is 1050. The summed E-state index contributed by atoms with van der Waals surface area (Å²) in [6.45, 7) is 27.6. The van der Waals surface area contributed by atoms with E-state index in [4.69, 9.17) is 0 Å². The molecule has 0 saturated carbocycles. The maximum Gasteiger partial charge on any atom is 0.0152 e. The van der Waals surface area contributed by atoms with Gasteiger partial charge in [0.25, 0.3) is 0 Å². The lowest BCUT2D eigenvalue weighted by atomic mass is 9.74. The van der Waals surface area contributed by atoms with Gasteiger partial charge in [-0.25, -0.2) is 0 Å².